The molecule has 3 saturated heterocycles. The Morgan fingerprint density at radius 3 is 0.648 bits per heavy atom. The zero-order valence-electron chi connectivity index (χ0n) is 36.8. The Balaban J connectivity index is -0.000000128. The van der Waals surface area contributed by atoms with Crippen LogP contribution in [0.4, 0.5) is 0 Å². The smallest absolute Gasteiger partial charge is 0.102 e. The van der Waals surface area contributed by atoms with E-state index >= 15 is 0 Å². The van der Waals surface area contributed by atoms with Crippen molar-refractivity contribution in [1.82, 2.24) is 0 Å². The minimum Gasteiger partial charge on any atom is -0.412 e. The molecule has 0 bridgehead atoms. The van der Waals surface area contributed by atoms with Crippen molar-refractivity contribution in [1.29, 1.82) is 0 Å². The molecule has 3 aliphatic heterocycles. The maximum absolute atomic E-state index is 8.41. The van der Waals surface area contributed by atoms with Gasteiger partial charge in [0.1, 0.15) is 26.2 Å². The second-order valence-electron chi connectivity index (χ2n) is 15.7. The molecule has 8 N–H and O–H groups in total. The number of quaternary nitrogens is 4. The van der Waals surface area contributed by atoms with Crippen molar-refractivity contribution >= 4 is 0 Å². The Labute approximate surface area is 329 Å². The van der Waals surface area contributed by atoms with Gasteiger partial charge < -0.3 is 87.2 Å². The summed E-state index contributed by atoms with van der Waals surface area (Å²) in [6.07, 6.45) is 0. The number of aliphatic hydroxyl groups excluding tert-OH is 6. The van der Waals surface area contributed by atoms with Gasteiger partial charge in [-0.25, -0.2) is 0 Å². The highest BCUT2D eigenvalue weighted by atomic mass is 16.6. The van der Waals surface area contributed by atoms with Crippen LogP contribution in [0.1, 0.15) is 0 Å². The summed E-state index contributed by atoms with van der Waals surface area (Å²) < 4.78 is 37.6. The molecule has 0 unspecified atom stereocenters. The number of ether oxygens (including phenoxy) is 7. The van der Waals surface area contributed by atoms with Crippen LogP contribution in [0.25, 0.3) is 0 Å². The average molecular weight is 805 g/mol. The van der Waals surface area contributed by atoms with E-state index in [0.29, 0.717) is 33.0 Å². The molecule has 3 rings (SSSR count). The van der Waals surface area contributed by atoms with Gasteiger partial charge in [-0.15, -0.1) is 0 Å². The number of epoxide rings is 3. The molecular weight excluding hydrogens is 712 g/mol. The van der Waals surface area contributed by atoms with Gasteiger partial charge >= 0.3 is 0 Å². The third kappa shape index (κ3) is 132. The van der Waals surface area contributed by atoms with Gasteiger partial charge in [0.05, 0.1) is 217 Å². The van der Waals surface area contributed by atoms with Crippen molar-refractivity contribution in [3.63, 3.8) is 0 Å². The summed E-state index contributed by atoms with van der Waals surface area (Å²) in [5.41, 5.74) is 0. The Bertz CT molecular complexity index is 609. The highest BCUT2D eigenvalue weighted by Crippen LogP contribution is 1.91. The summed E-state index contributed by atoms with van der Waals surface area (Å²) in [7, 11) is 25.2. The molecule has 0 amide bonds. The quantitative estimate of drug-likeness (QED) is 0.0387. The van der Waals surface area contributed by atoms with Crippen LogP contribution in [0, 0.1) is 0 Å². The molecule has 0 aliphatic carbocycles. The van der Waals surface area contributed by atoms with Gasteiger partial charge in [-0.05, 0) is 0 Å². The SMILES string of the molecule is C1CO1.C1CO1.C1CO1.C[N+](C)(C)CCO.C[N+](C)(C)CCOCCO.C[N+](C)(C)CCOCCO.C[N+](C)(C)CCOCCOCCO.O.OCCO. The molecule has 18 nitrogen and oxygen atoms in total. The van der Waals surface area contributed by atoms with E-state index in [4.69, 9.17) is 49.6 Å². The molecule has 3 aliphatic rings. The highest BCUT2D eigenvalue weighted by molar-refractivity contribution is 4.37. The standard InChI is InChI=1S/C9H22NO3.2C7H18NO2.C5H14NO.C2H6O2.3C2H4O.H2O/c1-10(2,3)4-6-12-8-9-13-7-5-11;2*1-8(2,3)4-6-10-7-5-9;1-6(2,3)4-5-7;3-1-2-4;3*1-2-3-1;/h11H,4-9H2,1-3H3;2*9H,4-7H2,1-3H3;7H,4-5H2,1-3H3;3-4H,1-2H2;3*1-2H2;1H2/q4*+1;;;;;. The van der Waals surface area contributed by atoms with Crippen molar-refractivity contribution in [2.75, 3.05) is 243 Å². The summed E-state index contributed by atoms with van der Waals surface area (Å²) in [4.78, 5) is 0. The minimum absolute atomic E-state index is 0. The van der Waals surface area contributed by atoms with Crippen molar-refractivity contribution < 1.29 is 87.2 Å². The van der Waals surface area contributed by atoms with E-state index in [2.05, 4.69) is 98.8 Å². The molecule has 3 fully saturated rings. The Morgan fingerprint density at radius 1 is 0.315 bits per heavy atom. The van der Waals surface area contributed by atoms with Crippen LogP contribution in [0.3, 0.4) is 0 Å². The number of aliphatic hydroxyl groups is 6. The molecule has 0 aromatic rings. The zero-order chi connectivity index (χ0) is 41.9. The van der Waals surface area contributed by atoms with Crippen LogP contribution in [-0.2, 0) is 33.2 Å². The molecule has 0 radical (unpaired) electrons. The molecular formula is C36H92N4O14+4. The van der Waals surface area contributed by atoms with Crippen molar-refractivity contribution in [3.8, 4) is 0 Å². The summed E-state index contributed by atoms with van der Waals surface area (Å²) in [6.45, 7) is 14.9. The number of hydrogen-bond acceptors (Lipinski definition) is 13. The fourth-order valence-corrected chi connectivity index (χ4v) is 2.03. The first-order chi connectivity index (χ1) is 24.7. The van der Waals surface area contributed by atoms with Gasteiger partial charge in [0.15, 0.2) is 0 Å². The molecule has 54 heavy (non-hydrogen) atoms. The van der Waals surface area contributed by atoms with E-state index in [9.17, 15) is 0 Å². The van der Waals surface area contributed by atoms with E-state index in [1.165, 1.54) is 0 Å². The molecule has 336 valence electrons. The Kier molecular flexibility index (Phi) is 56.3. The maximum Gasteiger partial charge on any atom is 0.102 e. The normalized spacial score (nSPS) is 13.4. The monoisotopic (exact) mass is 805 g/mol. The van der Waals surface area contributed by atoms with Crippen molar-refractivity contribution in [2.45, 2.75) is 0 Å². The van der Waals surface area contributed by atoms with Crippen molar-refractivity contribution in [2.24, 2.45) is 0 Å². The lowest BCUT2D eigenvalue weighted by atomic mass is 10.5. The van der Waals surface area contributed by atoms with Crippen LogP contribution >= 0.6 is 0 Å². The van der Waals surface area contributed by atoms with Crippen LogP contribution in [0.5, 0.6) is 0 Å². The van der Waals surface area contributed by atoms with Crippen LogP contribution < -0.4 is 0 Å². The molecule has 0 atom stereocenters. The largest absolute Gasteiger partial charge is 0.412 e. The lowest BCUT2D eigenvalue weighted by Crippen LogP contribution is -2.37. The highest BCUT2D eigenvalue weighted by Gasteiger charge is 2.07. The van der Waals surface area contributed by atoms with Crippen LogP contribution in [0.15, 0.2) is 0 Å². The van der Waals surface area contributed by atoms with Gasteiger partial charge in [0.25, 0.3) is 0 Å². The lowest BCUT2D eigenvalue weighted by molar-refractivity contribution is -0.870. The molecule has 3 heterocycles. The second-order valence-corrected chi connectivity index (χ2v) is 15.7. The van der Waals surface area contributed by atoms with Crippen LogP contribution in [-0.4, -0.2) is 297 Å². The van der Waals surface area contributed by atoms with Gasteiger partial charge in [0, 0.05) is 0 Å². The van der Waals surface area contributed by atoms with E-state index < -0.39 is 0 Å². The Hall–Kier alpha value is -0.720. The summed E-state index contributed by atoms with van der Waals surface area (Å²) >= 11 is 0. The minimum atomic E-state index is -0.125. The first-order valence-corrected chi connectivity index (χ1v) is 18.6. The predicted molar refractivity (Wildman–Crippen MR) is 213 cm³/mol. The molecule has 0 aromatic carbocycles. The number of likely N-dealkylation sites (N-methyl/N-ethyl adjacent to an activating group) is 4. The van der Waals surface area contributed by atoms with Gasteiger partial charge in [-0.1, -0.05) is 0 Å². The third-order valence-electron chi connectivity index (χ3n) is 5.28. The van der Waals surface area contributed by atoms with Crippen LogP contribution in [0.2, 0.25) is 0 Å². The van der Waals surface area contributed by atoms with E-state index in [-0.39, 0.29) is 45.1 Å². The number of hydrogen-bond donors (Lipinski definition) is 6. The molecule has 0 spiro atoms. The third-order valence-corrected chi connectivity index (χ3v) is 5.28. The molecule has 0 saturated carbocycles. The molecule has 0 aromatic heterocycles. The fourth-order valence-electron chi connectivity index (χ4n) is 2.03. The van der Waals surface area contributed by atoms with E-state index in [1.54, 1.807) is 0 Å². The predicted octanol–water partition coefficient (Wildman–Crippen LogP) is -3.00. The first kappa shape index (κ1) is 65.1. The molecule has 18 heteroatoms. The van der Waals surface area contributed by atoms with E-state index in [1.807, 2.05) is 0 Å². The van der Waals surface area contributed by atoms with E-state index in [0.717, 1.165) is 104 Å². The summed E-state index contributed by atoms with van der Waals surface area (Å²) in [5, 5.41) is 48.8. The summed E-state index contributed by atoms with van der Waals surface area (Å²) in [6, 6.07) is 0. The zero-order valence-corrected chi connectivity index (χ0v) is 36.8. The topological polar surface area (TPSA) is 227 Å². The average Bonchev–Trinajstić information content (AvgIpc) is 3.88. The second kappa shape index (κ2) is 46.7. The van der Waals surface area contributed by atoms with Gasteiger partial charge in [-0.3, -0.25) is 0 Å². The summed E-state index contributed by atoms with van der Waals surface area (Å²) in [5.74, 6) is 0. The maximum atomic E-state index is 8.41. The number of rotatable bonds is 21. The van der Waals surface area contributed by atoms with Gasteiger partial charge in [-0.2, -0.15) is 0 Å². The number of nitrogens with zero attached hydrogens (tertiary/aromatic N) is 4. The Morgan fingerprint density at radius 2 is 0.519 bits per heavy atom. The first-order valence-electron chi connectivity index (χ1n) is 18.6. The lowest BCUT2D eigenvalue weighted by Gasteiger charge is -2.23. The fraction of sp³-hybridized carbons (Fsp3) is 1.00. The van der Waals surface area contributed by atoms with Crippen molar-refractivity contribution in [3.05, 3.63) is 0 Å². The van der Waals surface area contributed by atoms with Gasteiger partial charge in [0.2, 0.25) is 0 Å².